The molecule has 0 radical (unpaired) electrons. The van der Waals surface area contributed by atoms with Gasteiger partial charge in [-0.1, -0.05) is 0 Å². The van der Waals surface area contributed by atoms with E-state index in [1.165, 1.54) is 11.8 Å². The molecule has 0 saturated carbocycles. The SMILES string of the molecule is CC(=O)NCCNC(=O)C(=O)N1CCN(c2ncccn2)CC1. The number of rotatable bonds is 4. The van der Waals surface area contributed by atoms with Crippen LogP contribution >= 0.6 is 0 Å². The van der Waals surface area contributed by atoms with Crippen molar-refractivity contribution in [3.63, 3.8) is 0 Å². The van der Waals surface area contributed by atoms with Crippen LogP contribution in [0.15, 0.2) is 18.5 Å². The first-order valence-electron chi connectivity index (χ1n) is 7.41. The predicted octanol–water partition coefficient (Wildman–Crippen LogP) is -1.62. The van der Waals surface area contributed by atoms with Crippen LogP contribution in [0.2, 0.25) is 0 Å². The van der Waals surface area contributed by atoms with Crippen LogP contribution in [-0.2, 0) is 14.4 Å². The number of piperazine rings is 1. The molecule has 0 aromatic carbocycles. The van der Waals surface area contributed by atoms with E-state index in [1.807, 2.05) is 4.90 Å². The van der Waals surface area contributed by atoms with Crippen molar-refractivity contribution < 1.29 is 14.4 Å². The largest absolute Gasteiger partial charge is 0.355 e. The highest BCUT2D eigenvalue weighted by Gasteiger charge is 2.26. The van der Waals surface area contributed by atoms with Gasteiger partial charge >= 0.3 is 11.8 Å². The van der Waals surface area contributed by atoms with Gasteiger partial charge in [0.25, 0.3) is 0 Å². The highest BCUT2D eigenvalue weighted by Crippen LogP contribution is 2.09. The van der Waals surface area contributed by atoms with Gasteiger partial charge in [0.15, 0.2) is 0 Å². The number of carbonyl (C=O) groups is 3. The lowest BCUT2D eigenvalue weighted by Gasteiger charge is -2.34. The zero-order valence-electron chi connectivity index (χ0n) is 13.0. The van der Waals surface area contributed by atoms with E-state index in [0.717, 1.165) is 0 Å². The van der Waals surface area contributed by atoms with Crippen LogP contribution in [0, 0.1) is 0 Å². The second-order valence-electron chi connectivity index (χ2n) is 5.07. The first kappa shape index (κ1) is 16.7. The average Bonchev–Trinajstić information content (AvgIpc) is 2.58. The van der Waals surface area contributed by atoms with Crippen molar-refractivity contribution in [3.05, 3.63) is 18.5 Å². The van der Waals surface area contributed by atoms with Gasteiger partial charge in [-0.15, -0.1) is 0 Å². The lowest BCUT2D eigenvalue weighted by Crippen LogP contribution is -2.53. The molecular weight excluding hydrogens is 300 g/mol. The summed E-state index contributed by atoms with van der Waals surface area (Å²) in [4.78, 5) is 46.4. The molecule has 1 aromatic rings. The Kier molecular flexibility index (Phi) is 5.84. The van der Waals surface area contributed by atoms with E-state index in [2.05, 4.69) is 20.6 Å². The van der Waals surface area contributed by atoms with Crippen LogP contribution in [0.1, 0.15) is 6.92 Å². The second kappa shape index (κ2) is 8.06. The molecule has 1 aliphatic heterocycles. The van der Waals surface area contributed by atoms with Gasteiger partial charge in [-0.3, -0.25) is 14.4 Å². The number of carbonyl (C=O) groups excluding carboxylic acids is 3. The molecule has 9 heteroatoms. The van der Waals surface area contributed by atoms with E-state index >= 15 is 0 Å². The maximum absolute atomic E-state index is 12.0. The van der Waals surface area contributed by atoms with Crippen LogP contribution in [0.5, 0.6) is 0 Å². The average molecular weight is 320 g/mol. The van der Waals surface area contributed by atoms with Gasteiger partial charge in [-0.2, -0.15) is 0 Å². The first-order chi connectivity index (χ1) is 11.1. The summed E-state index contributed by atoms with van der Waals surface area (Å²) < 4.78 is 0. The summed E-state index contributed by atoms with van der Waals surface area (Å²) in [5.74, 6) is -0.759. The highest BCUT2D eigenvalue weighted by atomic mass is 16.2. The lowest BCUT2D eigenvalue weighted by molar-refractivity contribution is -0.146. The Morgan fingerprint density at radius 3 is 2.26 bits per heavy atom. The molecule has 1 saturated heterocycles. The van der Waals surface area contributed by atoms with Gasteiger partial charge in [0.2, 0.25) is 11.9 Å². The normalized spacial score (nSPS) is 14.3. The molecule has 1 fully saturated rings. The fourth-order valence-electron chi connectivity index (χ4n) is 2.20. The number of aromatic nitrogens is 2. The van der Waals surface area contributed by atoms with Gasteiger partial charge in [-0.25, -0.2) is 9.97 Å². The third-order valence-electron chi connectivity index (χ3n) is 3.38. The Labute approximate surface area is 134 Å². The van der Waals surface area contributed by atoms with E-state index in [0.29, 0.717) is 38.7 Å². The van der Waals surface area contributed by atoms with Crippen molar-refractivity contribution in [2.45, 2.75) is 6.92 Å². The minimum atomic E-state index is -0.653. The summed E-state index contributed by atoms with van der Waals surface area (Å²) in [6.07, 6.45) is 3.34. The summed E-state index contributed by atoms with van der Waals surface area (Å²) in [6.45, 7) is 3.95. The Balaban J connectivity index is 1.74. The molecular formula is C14H20N6O3. The Morgan fingerprint density at radius 1 is 1.04 bits per heavy atom. The van der Waals surface area contributed by atoms with Crippen molar-refractivity contribution in [1.82, 2.24) is 25.5 Å². The lowest BCUT2D eigenvalue weighted by atomic mass is 10.3. The van der Waals surface area contributed by atoms with Crippen LogP contribution in [0.25, 0.3) is 0 Å². The molecule has 1 aliphatic rings. The Hall–Kier alpha value is -2.71. The minimum absolute atomic E-state index is 0.176. The zero-order chi connectivity index (χ0) is 16.7. The monoisotopic (exact) mass is 320 g/mol. The van der Waals surface area contributed by atoms with Gasteiger partial charge < -0.3 is 20.4 Å². The van der Waals surface area contributed by atoms with Gasteiger partial charge in [0, 0.05) is 58.6 Å². The van der Waals surface area contributed by atoms with Gasteiger partial charge in [-0.05, 0) is 6.07 Å². The molecule has 2 N–H and O–H groups in total. The van der Waals surface area contributed by atoms with Crippen LogP contribution in [0.3, 0.4) is 0 Å². The summed E-state index contributed by atoms with van der Waals surface area (Å²) in [6, 6.07) is 1.74. The molecule has 0 unspecified atom stereocenters. The van der Waals surface area contributed by atoms with Crippen molar-refractivity contribution in [1.29, 1.82) is 0 Å². The van der Waals surface area contributed by atoms with Crippen molar-refractivity contribution >= 4 is 23.7 Å². The summed E-state index contributed by atoms with van der Waals surface area (Å²) in [7, 11) is 0. The third kappa shape index (κ3) is 4.90. The summed E-state index contributed by atoms with van der Waals surface area (Å²) in [5.41, 5.74) is 0. The third-order valence-corrected chi connectivity index (χ3v) is 3.38. The van der Waals surface area contributed by atoms with Crippen molar-refractivity contribution in [2.24, 2.45) is 0 Å². The smallest absolute Gasteiger partial charge is 0.312 e. The van der Waals surface area contributed by atoms with E-state index in [-0.39, 0.29) is 12.5 Å². The van der Waals surface area contributed by atoms with Gasteiger partial charge in [0.1, 0.15) is 0 Å². The van der Waals surface area contributed by atoms with E-state index in [4.69, 9.17) is 0 Å². The number of nitrogens with zero attached hydrogens (tertiary/aromatic N) is 4. The maximum Gasteiger partial charge on any atom is 0.312 e. The fraction of sp³-hybridized carbons (Fsp3) is 0.500. The second-order valence-corrected chi connectivity index (χ2v) is 5.07. The van der Waals surface area contributed by atoms with E-state index < -0.39 is 11.8 Å². The predicted molar refractivity (Wildman–Crippen MR) is 82.5 cm³/mol. The number of amides is 3. The van der Waals surface area contributed by atoms with E-state index in [9.17, 15) is 14.4 Å². The summed E-state index contributed by atoms with van der Waals surface area (Å²) in [5, 5.41) is 5.04. The highest BCUT2D eigenvalue weighted by molar-refractivity contribution is 6.35. The molecule has 0 spiro atoms. The van der Waals surface area contributed by atoms with Crippen LogP contribution < -0.4 is 15.5 Å². The standard InChI is InChI=1S/C14H20N6O3/c1-11(21)15-5-6-16-12(22)13(23)19-7-9-20(10-8-19)14-17-3-2-4-18-14/h2-4H,5-10H2,1H3,(H,15,21)(H,16,22). The fourth-order valence-corrected chi connectivity index (χ4v) is 2.20. The quantitative estimate of drug-likeness (QED) is 0.510. The number of hydrogen-bond donors (Lipinski definition) is 2. The number of hydrogen-bond acceptors (Lipinski definition) is 6. The van der Waals surface area contributed by atoms with Crippen molar-refractivity contribution in [2.75, 3.05) is 44.2 Å². The minimum Gasteiger partial charge on any atom is -0.355 e. The molecule has 0 aliphatic carbocycles. The maximum atomic E-state index is 12.0. The Bertz CT molecular complexity index is 557. The number of anilines is 1. The van der Waals surface area contributed by atoms with Crippen LogP contribution in [-0.4, -0.2) is 71.9 Å². The van der Waals surface area contributed by atoms with E-state index in [1.54, 1.807) is 18.5 Å². The molecule has 124 valence electrons. The summed E-state index contributed by atoms with van der Waals surface area (Å²) >= 11 is 0. The number of nitrogens with one attached hydrogen (secondary N) is 2. The van der Waals surface area contributed by atoms with Gasteiger partial charge in [0.05, 0.1) is 0 Å². The molecule has 0 atom stereocenters. The first-order valence-corrected chi connectivity index (χ1v) is 7.41. The topological polar surface area (TPSA) is 108 Å². The molecule has 23 heavy (non-hydrogen) atoms. The van der Waals surface area contributed by atoms with Crippen molar-refractivity contribution in [3.8, 4) is 0 Å². The molecule has 0 bridgehead atoms. The van der Waals surface area contributed by atoms with Crippen LogP contribution in [0.4, 0.5) is 5.95 Å². The Morgan fingerprint density at radius 2 is 1.65 bits per heavy atom. The molecule has 9 nitrogen and oxygen atoms in total. The molecule has 3 amide bonds. The molecule has 2 rings (SSSR count). The molecule has 1 aromatic heterocycles. The molecule has 2 heterocycles. The zero-order valence-corrected chi connectivity index (χ0v) is 13.0.